The summed E-state index contributed by atoms with van der Waals surface area (Å²) >= 11 is 6.44. The maximum absolute atomic E-state index is 6.44. The van der Waals surface area contributed by atoms with Gasteiger partial charge in [0.05, 0.1) is 12.5 Å². The predicted molar refractivity (Wildman–Crippen MR) is 74.0 cm³/mol. The second-order valence-electron chi connectivity index (χ2n) is 4.16. The van der Waals surface area contributed by atoms with Gasteiger partial charge in [-0.1, -0.05) is 43.7 Å². The van der Waals surface area contributed by atoms with Gasteiger partial charge in [-0.25, -0.2) is 0 Å². The third kappa shape index (κ3) is 2.39. The first kappa shape index (κ1) is 12.3. The molecule has 0 amide bonds. The molecular weight excluding hydrogens is 232 g/mol. The smallest absolute Gasteiger partial charge is 0.126 e. The molecule has 0 aliphatic heterocycles. The fraction of sp³-hybridized carbons (Fsp3) is 0.333. The van der Waals surface area contributed by atoms with Crippen molar-refractivity contribution in [2.45, 2.75) is 25.1 Å². The van der Waals surface area contributed by atoms with Crippen LogP contribution in [-0.2, 0) is 0 Å². The number of rotatable bonds is 4. The van der Waals surface area contributed by atoms with E-state index in [2.05, 4.69) is 25.1 Å². The highest BCUT2D eigenvalue weighted by molar-refractivity contribution is 6.21. The number of alkyl halides is 1. The van der Waals surface area contributed by atoms with Crippen molar-refractivity contribution in [1.29, 1.82) is 0 Å². The van der Waals surface area contributed by atoms with Crippen molar-refractivity contribution in [1.82, 2.24) is 0 Å². The van der Waals surface area contributed by atoms with Crippen molar-refractivity contribution < 1.29 is 4.74 Å². The summed E-state index contributed by atoms with van der Waals surface area (Å²) in [5.74, 6) is 0.907. The van der Waals surface area contributed by atoms with Gasteiger partial charge >= 0.3 is 0 Å². The normalized spacial score (nSPS) is 12.6. The lowest BCUT2D eigenvalue weighted by Crippen LogP contribution is -1.93. The predicted octanol–water partition coefficient (Wildman–Crippen LogP) is 4.93. The average molecular weight is 249 g/mol. The average Bonchev–Trinajstić information content (AvgIpc) is 2.37. The van der Waals surface area contributed by atoms with Crippen LogP contribution in [0.2, 0.25) is 0 Å². The topological polar surface area (TPSA) is 9.23 Å². The number of fused-ring (bicyclic) bond motifs is 1. The van der Waals surface area contributed by atoms with Crippen LogP contribution in [0.25, 0.3) is 10.8 Å². The van der Waals surface area contributed by atoms with Gasteiger partial charge in [-0.3, -0.25) is 0 Å². The number of ether oxygens (including phenoxy) is 1. The van der Waals surface area contributed by atoms with Gasteiger partial charge in [0, 0.05) is 5.39 Å². The molecule has 0 heterocycles. The summed E-state index contributed by atoms with van der Waals surface area (Å²) < 4.78 is 5.38. The summed E-state index contributed by atoms with van der Waals surface area (Å²) in [5.41, 5.74) is 1.20. The third-order valence-corrected chi connectivity index (χ3v) is 3.47. The van der Waals surface area contributed by atoms with Crippen LogP contribution in [0.3, 0.4) is 0 Å². The van der Waals surface area contributed by atoms with Crippen LogP contribution in [0, 0.1) is 0 Å². The first-order valence-corrected chi connectivity index (χ1v) is 6.41. The van der Waals surface area contributed by atoms with Crippen LogP contribution in [0.15, 0.2) is 36.4 Å². The molecule has 17 heavy (non-hydrogen) atoms. The molecule has 0 spiro atoms. The molecule has 90 valence electrons. The van der Waals surface area contributed by atoms with E-state index in [9.17, 15) is 0 Å². The Kier molecular flexibility index (Phi) is 3.90. The first-order valence-electron chi connectivity index (χ1n) is 5.97. The third-order valence-electron chi connectivity index (χ3n) is 3.02. The Morgan fingerprint density at radius 3 is 2.47 bits per heavy atom. The monoisotopic (exact) mass is 248 g/mol. The van der Waals surface area contributed by atoms with Gasteiger partial charge in [0.2, 0.25) is 0 Å². The van der Waals surface area contributed by atoms with Gasteiger partial charge in [0.15, 0.2) is 0 Å². The van der Waals surface area contributed by atoms with Crippen LogP contribution in [0.5, 0.6) is 5.75 Å². The zero-order valence-corrected chi connectivity index (χ0v) is 11.0. The lowest BCUT2D eigenvalue weighted by Gasteiger charge is -2.14. The van der Waals surface area contributed by atoms with Gasteiger partial charge in [-0.05, 0) is 23.4 Å². The molecule has 0 fully saturated rings. The van der Waals surface area contributed by atoms with E-state index < -0.39 is 0 Å². The molecule has 2 aromatic carbocycles. The second-order valence-corrected chi connectivity index (χ2v) is 4.69. The van der Waals surface area contributed by atoms with E-state index in [4.69, 9.17) is 16.3 Å². The van der Waals surface area contributed by atoms with Gasteiger partial charge in [-0.15, -0.1) is 11.6 Å². The summed E-state index contributed by atoms with van der Waals surface area (Å²) in [5, 5.41) is 2.41. The molecule has 2 rings (SSSR count). The fourth-order valence-corrected chi connectivity index (χ4v) is 2.56. The Hall–Kier alpha value is -1.21. The largest absolute Gasteiger partial charge is 0.496 e. The summed E-state index contributed by atoms with van der Waals surface area (Å²) in [6, 6.07) is 12.3. The summed E-state index contributed by atoms with van der Waals surface area (Å²) in [7, 11) is 1.70. The molecular formula is C15H17ClO. The lowest BCUT2D eigenvalue weighted by molar-refractivity contribution is 0.419. The first-order chi connectivity index (χ1) is 8.27. The molecule has 1 nitrogen and oxygen atoms in total. The molecule has 0 aromatic heterocycles. The fourth-order valence-electron chi connectivity index (χ4n) is 2.15. The van der Waals surface area contributed by atoms with Crippen molar-refractivity contribution in [2.75, 3.05) is 7.11 Å². The summed E-state index contributed by atoms with van der Waals surface area (Å²) in [6.07, 6.45) is 2.09. The van der Waals surface area contributed by atoms with Crippen LogP contribution in [0.4, 0.5) is 0 Å². The minimum atomic E-state index is 0.0795. The standard InChI is InChI=1S/C15H17ClO/c1-3-6-14(16)12-9-10-15(17-2)13-8-5-4-7-11(12)13/h4-5,7-10,14H,3,6H2,1-2H3. The summed E-state index contributed by atoms with van der Waals surface area (Å²) in [6.45, 7) is 2.15. The molecule has 2 heteroatoms. The molecule has 0 aliphatic rings. The van der Waals surface area contributed by atoms with E-state index >= 15 is 0 Å². The van der Waals surface area contributed by atoms with Crippen molar-refractivity contribution in [3.63, 3.8) is 0 Å². The maximum atomic E-state index is 6.44. The minimum Gasteiger partial charge on any atom is -0.496 e. The minimum absolute atomic E-state index is 0.0795. The van der Waals surface area contributed by atoms with Crippen molar-refractivity contribution >= 4 is 22.4 Å². The molecule has 0 saturated carbocycles. The molecule has 0 saturated heterocycles. The highest BCUT2D eigenvalue weighted by atomic mass is 35.5. The van der Waals surface area contributed by atoms with Gasteiger partial charge in [0.1, 0.15) is 5.75 Å². The maximum Gasteiger partial charge on any atom is 0.126 e. The molecule has 0 radical (unpaired) electrons. The summed E-state index contributed by atoms with van der Waals surface area (Å²) in [4.78, 5) is 0. The second kappa shape index (κ2) is 5.42. The highest BCUT2D eigenvalue weighted by Gasteiger charge is 2.12. The number of methoxy groups -OCH3 is 1. The van der Waals surface area contributed by atoms with E-state index in [1.807, 2.05) is 18.2 Å². The molecule has 0 bridgehead atoms. The zero-order valence-electron chi connectivity index (χ0n) is 10.2. The molecule has 2 aromatic rings. The Morgan fingerprint density at radius 2 is 1.82 bits per heavy atom. The number of benzene rings is 2. The van der Waals surface area contributed by atoms with E-state index in [-0.39, 0.29) is 5.38 Å². The number of halogens is 1. The SMILES string of the molecule is CCCC(Cl)c1ccc(OC)c2ccccc12. The highest BCUT2D eigenvalue weighted by Crippen LogP contribution is 2.35. The van der Waals surface area contributed by atoms with Crippen molar-refractivity contribution in [2.24, 2.45) is 0 Å². The van der Waals surface area contributed by atoms with Gasteiger partial charge in [-0.2, -0.15) is 0 Å². The zero-order chi connectivity index (χ0) is 12.3. The van der Waals surface area contributed by atoms with Crippen LogP contribution in [-0.4, -0.2) is 7.11 Å². The van der Waals surface area contributed by atoms with E-state index in [1.54, 1.807) is 7.11 Å². The van der Waals surface area contributed by atoms with Crippen molar-refractivity contribution in [3.05, 3.63) is 42.0 Å². The Morgan fingerprint density at radius 1 is 1.12 bits per heavy atom. The lowest BCUT2D eigenvalue weighted by atomic mass is 9.99. The number of hydrogen-bond donors (Lipinski definition) is 0. The van der Waals surface area contributed by atoms with Crippen LogP contribution >= 0.6 is 11.6 Å². The Labute approximate surface area is 107 Å². The van der Waals surface area contributed by atoms with Gasteiger partial charge < -0.3 is 4.74 Å². The van der Waals surface area contributed by atoms with Crippen LogP contribution < -0.4 is 4.74 Å². The molecule has 1 unspecified atom stereocenters. The van der Waals surface area contributed by atoms with Crippen molar-refractivity contribution in [3.8, 4) is 5.75 Å². The van der Waals surface area contributed by atoms with Crippen LogP contribution in [0.1, 0.15) is 30.7 Å². The number of hydrogen-bond acceptors (Lipinski definition) is 1. The molecule has 1 atom stereocenters. The van der Waals surface area contributed by atoms with E-state index in [1.165, 1.54) is 10.9 Å². The molecule has 0 N–H and O–H groups in total. The quantitative estimate of drug-likeness (QED) is 0.698. The van der Waals surface area contributed by atoms with E-state index in [0.717, 1.165) is 24.0 Å². The Balaban J connectivity index is 2.58. The Bertz CT molecular complexity index is 507. The van der Waals surface area contributed by atoms with Gasteiger partial charge in [0.25, 0.3) is 0 Å². The van der Waals surface area contributed by atoms with E-state index in [0.29, 0.717) is 0 Å². The molecule has 0 aliphatic carbocycles.